The average molecular weight is 397 g/mol. The fraction of sp³-hybridized carbons (Fsp3) is 0.235. The highest BCUT2D eigenvalue weighted by Gasteiger charge is 2.05. The molecule has 0 fully saturated rings. The van der Waals surface area contributed by atoms with Crippen molar-refractivity contribution < 1.29 is 9.13 Å². The summed E-state index contributed by atoms with van der Waals surface area (Å²) in [6.07, 6.45) is 0.126. The fourth-order valence-corrected chi connectivity index (χ4v) is 2.46. The van der Waals surface area contributed by atoms with Gasteiger partial charge in [0, 0.05) is 11.0 Å². The lowest BCUT2D eigenvalue weighted by Crippen LogP contribution is -2.28. The normalized spacial score (nSPS) is 10.5. The molecule has 0 aromatic heterocycles. The van der Waals surface area contributed by atoms with Crippen molar-refractivity contribution in [3.05, 3.63) is 58.3 Å². The largest absolute Gasteiger partial charge is 0.491 e. The summed E-state index contributed by atoms with van der Waals surface area (Å²) in [5.41, 5.74) is 1.37. The van der Waals surface area contributed by atoms with Crippen LogP contribution < -0.4 is 15.4 Å². The van der Waals surface area contributed by atoms with Crippen molar-refractivity contribution in [2.75, 3.05) is 5.32 Å². The van der Waals surface area contributed by atoms with Crippen LogP contribution in [0.1, 0.15) is 19.4 Å². The second-order valence-corrected chi connectivity index (χ2v) is 6.57. The summed E-state index contributed by atoms with van der Waals surface area (Å²) in [6.45, 7) is 4.49. The molecular weight excluding hydrogens is 379 g/mol. The maximum absolute atomic E-state index is 13.8. The number of anilines is 1. The van der Waals surface area contributed by atoms with Crippen molar-refractivity contribution in [2.24, 2.45) is 0 Å². The van der Waals surface area contributed by atoms with E-state index in [1.54, 1.807) is 12.1 Å². The molecule has 23 heavy (non-hydrogen) atoms. The van der Waals surface area contributed by atoms with Crippen LogP contribution in [-0.4, -0.2) is 11.2 Å². The standard InChI is InChI=1S/C17H18BrFN2OS/c1-11(2)22-14-5-3-4-12(8-14)10-20-17(23)21-16-7-6-13(18)9-15(16)19/h3-9,11H,10H2,1-2H3,(H2,20,21,23). The van der Waals surface area contributed by atoms with E-state index in [1.165, 1.54) is 6.07 Å². The second-order valence-electron chi connectivity index (χ2n) is 5.25. The van der Waals surface area contributed by atoms with E-state index in [1.807, 2.05) is 38.1 Å². The summed E-state index contributed by atoms with van der Waals surface area (Å²) < 4.78 is 20.1. The molecular formula is C17H18BrFN2OS. The van der Waals surface area contributed by atoms with E-state index >= 15 is 0 Å². The van der Waals surface area contributed by atoms with Crippen molar-refractivity contribution in [2.45, 2.75) is 26.5 Å². The maximum atomic E-state index is 13.8. The number of thiocarbonyl (C=S) groups is 1. The highest BCUT2D eigenvalue weighted by Crippen LogP contribution is 2.19. The highest BCUT2D eigenvalue weighted by molar-refractivity contribution is 9.10. The minimum absolute atomic E-state index is 0.126. The van der Waals surface area contributed by atoms with Crippen molar-refractivity contribution in [1.29, 1.82) is 0 Å². The van der Waals surface area contributed by atoms with Gasteiger partial charge >= 0.3 is 0 Å². The van der Waals surface area contributed by atoms with Gasteiger partial charge in [-0.3, -0.25) is 0 Å². The van der Waals surface area contributed by atoms with E-state index in [2.05, 4.69) is 26.6 Å². The average Bonchev–Trinajstić information content (AvgIpc) is 2.48. The molecule has 122 valence electrons. The van der Waals surface area contributed by atoms with Gasteiger partial charge in [-0.1, -0.05) is 28.1 Å². The van der Waals surface area contributed by atoms with E-state index in [4.69, 9.17) is 17.0 Å². The molecule has 0 aliphatic carbocycles. The van der Waals surface area contributed by atoms with Gasteiger partial charge in [0.2, 0.25) is 0 Å². The Hall–Kier alpha value is -1.66. The summed E-state index contributed by atoms with van der Waals surface area (Å²) >= 11 is 8.42. The third-order valence-corrected chi connectivity index (χ3v) is 3.64. The van der Waals surface area contributed by atoms with Gasteiger partial charge in [0.1, 0.15) is 11.6 Å². The van der Waals surface area contributed by atoms with Gasteiger partial charge in [0.15, 0.2) is 5.11 Å². The molecule has 0 spiro atoms. The number of nitrogens with one attached hydrogen (secondary N) is 2. The van der Waals surface area contributed by atoms with E-state index in [0.29, 0.717) is 21.8 Å². The Morgan fingerprint density at radius 3 is 2.74 bits per heavy atom. The van der Waals surface area contributed by atoms with Crippen molar-refractivity contribution >= 4 is 38.9 Å². The molecule has 3 nitrogen and oxygen atoms in total. The van der Waals surface area contributed by atoms with Crippen LogP contribution in [0.4, 0.5) is 10.1 Å². The van der Waals surface area contributed by atoms with Gasteiger partial charge in [0.25, 0.3) is 0 Å². The van der Waals surface area contributed by atoms with Gasteiger partial charge in [-0.05, 0) is 62.0 Å². The van der Waals surface area contributed by atoms with Crippen LogP contribution in [0.5, 0.6) is 5.75 Å². The van der Waals surface area contributed by atoms with E-state index in [0.717, 1.165) is 11.3 Å². The number of halogens is 2. The Labute approximate surface area is 149 Å². The molecule has 2 aromatic rings. The van der Waals surface area contributed by atoms with Crippen LogP contribution in [0.2, 0.25) is 0 Å². The Kier molecular flexibility index (Phi) is 6.36. The predicted octanol–water partition coefficient (Wildman–Crippen LogP) is 4.86. The molecule has 2 aromatic carbocycles. The smallest absolute Gasteiger partial charge is 0.171 e. The third-order valence-electron chi connectivity index (χ3n) is 2.90. The SMILES string of the molecule is CC(C)Oc1cccc(CNC(=S)Nc2ccc(Br)cc2F)c1. The van der Waals surface area contributed by atoms with Gasteiger partial charge in [-0.2, -0.15) is 0 Å². The first-order chi connectivity index (χ1) is 10.9. The van der Waals surface area contributed by atoms with E-state index in [-0.39, 0.29) is 11.9 Å². The minimum atomic E-state index is -0.365. The van der Waals surface area contributed by atoms with Crippen LogP contribution in [0.3, 0.4) is 0 Å². The summed E-state index contributed by atoms with van der Waals surface area (Å²) in [5, 5.41) is 6.27. The number of benzene rings is 2. The number of ether oxygens (including phenoxy) is 1. The van der Waals surface area contributed by atoms with Crippen LogP contribution in [0.25, 0.3) is 0 Å². The molecule has 0 unspecified atom stereocenters. The van der Waals surface area contributed by atoms with Crippen LogP contribution in [0.15, 0.2) is 46.9 Å². The topological polar surface area (TPSA) is 33.3 Å². The summed E-state index contributed by atoms with van der Waals surface area (Å²) in [7, 11) is 0. The molecule has 0 heterocycles. The zero-order valence-electron chi connectivity index (χ0n) is 12.9. The van der Waals surface area contributed by atoms with Crippen molar-refractivity contribution in [3.63, 3.8) is 0 Å². The quantitative estimate of drug-likeness (QED) is 0.706. The van der Waals surface area contributed by atoms with Gasteiger partial charge in [-0.25, -0.2) is 4.39 Å². The number of rotatable bonds is 5. The zero-order chi connectivity index (χ0) is 16.8. The molecule has 0 aliphatic heterocycles. The first-order valence-electron chi connectivity index (χ1n) is 7.19. The van der Waals surface area contributed by atoms with Gasteiger partial charge in [0.05, 0.1) is 11.8 Å². The first-order valence-corrected chi connectivity index (χ1v) is 8.39. The van der Waals surface area contributed by atoms with Gasteiger partial charge in [-0.15, -0.1) is 0 Å². The number of hydrogen-bond donors (Lipinski definition) is 2. The molecule has 0 radical (unpaired) electrons. The van der Waals surface area contributed by atoms with Crippen molar-refractivity contribution in [3.8, 4) is 5.75 Å². The summed E-state index contributed by atoms with van der Waals surface area (Å²) in [4.78, 5) is 0. The lowest BCUT2D eigenvalue weighted by molar-refractivity contribution is 0.242. The molecule has 0 bridgehead atoms. The Balaban J connectivity index is 1.91. The van der Waals surface area contributed by atoms with Crippen LogP contribution in [0, 0.1) is 5.82 Å². The maximum Gasteiger partial charge on any atom is 0.171 e. The van der Waals surface area contributed by atoms with Crippen molar-refractivity contribution in [1.82, 2.24) is 5.32 Å². The van der Waals surface area contributed by atoms with Gasteiger partial charge < -0.3 is 15.4 Å². The number of hydrogen-bond acceptors (Lipinski definition) is 2. The monoisotopic (exact) mass is 396 g/mol. The van der Waals surface area contributed by atoms with E-state index < -0.39 is 0 Å². The Morgan fingerprint density at radius 2 is 2.04 bits per heavy atom. The molecule has 0 atom stereocenters. The summed E-state index contributed by atoms with van der Waals surface area (Å²) in [6, 6.07) is 12.5. The molecule has 2 N–H and O–H groups in total. The Morgan fingerprint density at radius 1 is 1.26 bits per heavy atom. The second kappa shape index (κ2) is 8.26. The molecule has 0 aliphatic rings. The zero-order valence-corrected chi connectivity index (χ0v) is 15.3. The molecule has 0 saturated heterocycles. The molecule has 0 saturated carbocycles. The van der Waals surface area contributed by atoms with Crippen LogP contribution in [-0.2, 0) is 6.54 Å². The Bertz CT molecular complexity index is 694. The molecule has 2 rings (SSSR count). The molecule has 0 amide bonds. The third kappa shape index (κ3) is 5.80. The lowest BCUT2D eigenvalue weighted by Gasteiger charge is -2.13. The highest BCUT2D eigenvalue weighted by atomic mass is 79.9. The summed E-state index contributed by atoms with van der Waals surface area (Å²) in [5.74, 6) is 0.452. The van der Waals surface area contributed by atoms with Crippen LogP contribution >= 0.6 is 28.1 Å². The fourth-order valence-electron chi connectivity index (χ4n) is 1.94. The lowest BCUT2D eigenvalue weighted by atomic mass is 10.2. The molecule has 6 heteroatoms. The minimum Gasteiger partial charge on any atom is -0.491 e. The van der Waals surface area contributed by atoms with E-state index in [9.17, 15) is 4.39 Å². The first kappa shape index (κ1) is 17.7. The predicted molar refractivity (Wildman–Crippen MR) is 99.4 cm³/mol.